The molecule has 0 aromatic carbocycles. The lowest BCUT2D eigenvalue weighted by molar-refractivity contribution is 0.560. The van der Waals surface area contributed by atoms with Crippen molar-refractivity contribution < 1.29 is 8.42 Å². The first kappa shape index (κ1) is 16.0. The summed E-state index contributed by atoms with van der Waals surface area (Å²) in [4.78, 5) is 8.11. The van der Waals surface area contributed by atoms with Gasteiger partial charge in [-0.25, -0.2) is 23.1 Å². The third kappa shape index (κ3) is 7.19. The first-order valence-corrected chi connectivity index (χ1v) is 8.03. The predicted molar refractivity (Wildman–Crippen MR) is 75.2 cm³/mol. The summed E-state index contributed by atoms with van der Waals surface area (Å²) in [6.07, 6.45) is 2.22. The van der Waals surface area contributed by atoms with Crippen LogP contribution < -0.4 is 10.0 Å². The summed E-state index contributed by atoms with van der Waals surface area (Å²) in [5.41, 5.74) is 0.677. The third-order valence-corrected chi connectivity index (χ3v) is 3.86. The molecule has 0 spiro atoms. The van der Waals surface area contributed by atoms with Crippen LogP contribution in [0.5, 0.6) is 0 Å². The van der Waals surface area contributed by atoms with Crippen molar-refractivity contribution in [2.24, 2.45) is 0 Å². The van der Waals surface area contributed by atoms with E-state index in [1.807, 2.05) is 13.8 Å². The summed E-state index contributed by atoms with van der Waals surface area (Å²) in [5, 5.41) is 3.19. The molecule has 0 bridgehead atoms. The molecule has 1 aromatic rings. The van der Waals surface area contributed by atoms with E-state index in [4.69, 9.17) is 0 Å². The number of hydrogen-bond donors (Lipinski definition) is 2. The van der Waals surface area contributed by atoms with Gasteiger partial charge in [-0.2, -0.15) is 0 Å². The van der Waals surface area contributed by atoms with Gasteiger partial charge in [0.2, 0.25) is 10.0 Å². The number of rotatable bonds is 8. The van der Waals surface area contributed by atoms with Gasteiger partial charge in [-0.1, -0.05) is 13.8 Å². The van der Waals surface area contributed by atoms with E-state index in [1.165, 1.54) is 0 Å². The molecule has 2 N–H and O–H groups in total. The molecule has 0 aliphatic heterocycles. The van der Waals surface area contributed by atoms with Crippen LogP contribution in [0.15, 0.2) is 12.3 Å². The second-order valence-corrected chi connectivity index (χ2v) is 6.62. The van der Waals surface area contributed by atoms with Gasteiger partial charge < -0.3 is 5.32 Å². The number of hydrogen-bond acceptors (Lipinski definition) is 5. The zero-order valence-electron chi connectivity index (χ0n) is 11.7. The van der Waals surface area contributed by atoms with Gasteiger partial charge in [0.15, 0.2) is 0 Å². The monoisotopic (exact) mass is 286 g/mol. The Morgan fingerprint density at radius 1 is 1.37 bits per heavy atom. The van der Waals surface area contributed by atoms with Crippen LogP contribution in [0, 0.1) is 6.92 Å². The molecular weight excluding hydrogens is 264 g/mol. The quantitative estimate of drug-likeness (QED) is 0.683. The van der Waals surface area contributed by atoms with Crippen molar-refractivity contribution in [2.45, 2.75) is 39.8 Å². The molecule has 0 fully saturated rings. The van der Waals surface area contributed by atoms with Crippen LogP contribution in [-0.2, 0) is 16.6 Å². The minimum atomic E-state index is -3.24. The van der Waals surface area contributed by atoms with Crippen molar-refractivity contribution in [3.63, 3.8) is 0 Å². The highest BCUT2D eigenvalue weighted by molar-refractivity contribution is 7.89. The Morgan fingerprint density at radius 3 is 2.74 bits per heavy atom. The molecule has 0 saturated carbocycles. The number of nitrogens with zero attached hydrogens (tertiary/aromatic N) is 2. The van der Waals surface area contributed by atoms with E-state index < -0.39 is 10.0 Å². The van der Waals surface area contributed by atoms with Crippen molar-refractivity contribution in [1.82, 2.24) is 20.0 Å². The number of aromatic nitrogens is 2. The lowest BCUT2D eigenvalue weighted by atomic mass is 10.4. The fraction of sp³-hybridized carbons (Fsp3) is 0.667. The molecule has 0 unspecified atom stereocenters. The lowest BCUT2D eigenvalue weighted by Gasteiger charge is -2.09. The van der Waals surface area contributed by atoms with Gasteiger partial charge in [0.1, 0.15) is 5.82 Å². The minimum absolute atomic E-state index is 0.122. The Hall–Kier alpha value is -1.05. The fourth-order valence-electron chi connectivity index (χ4n) is 1.51. The van der Waals surface area contributed by atoms with E-state index in [0.717, 1.165) is 0 Å². The average Bonchev–Trinajstić information content (AvgIpc) is 2.32. The van der Waals surface area contributed by atoms with E-state index in [0.29, 0.717) is 30.5 Å². The molecule has 1 aromatic heterocycles. The van der Waals surface area contributed by atoms with Crippen molar-refractivity contribution in [3.05, 3.63) is 23.8 Å². The molecule has 7 heteroatoms. The summed E-state index contributed by atoms with van der Waals surface area (Å²) in [5.74, 6) is 0.759. The normalized spacial score (nSPS) is 12.0. The Kier molecular flexibility index (Phi) is 6.33. The number of sulfonamides is 1. The Bertz CT molecular complexity index is 488. The molecular formula is C12H22N4O2S. The molecule has 108 valence electrons. The Labute approximate surface area is 115 Å². The molecule has 0 aliphatic carbocycles. The van der Waals surface area contributed by atoms with Gasteiger partial charge in [0.05, 0.1) is 18.0 Å². The summed E-state index contributed by atoms with van der Waals surface area (Å²) in [7, 11) is -3.24. The standard InChI is InChI=1S/C12H22N4O2S/c1-10(2)13-6-4-8-19(17,18)15-9-12-5-7-14-11(3)16-12/h5,7,10,13,15H,4,6,8-9H2,1-3H3. The minimum Gasteiger partial charge on any atom is -0.314 e. The highest BCUT2D eigenvalue weighted by atomic mass is 32.2. The van der Waals surface area contributed by atoms with E-state index in [2.05, 4.69) is 20.0 Å². The molecule has 0 radical (unpaired) electrons. The molecule has 0 aliphatic rings. The molecule has 1 rings (SSSR count). The smallest absolute Gasteiger partial charge is 0.211 e. The average molecular weight is 286 g/mol. The SMILES string of the molecule is Cc1nccc(CNS(=O)(=O)CCCNC(C)C)n1. The zero-order chi connectivity index (χ0) is 14.3. The summed E-state index contributed by atoms with van der Waals surface area (Å²) in [6.45, 7) is 6.75. The van der Waals surface area contributed by atoms with Crippen molar-refractivity contribution >= 4 is 10.0 Å². The lowest BCUT2D eigenvalue weighted by Crippen LogP contribution is -2.30. The molecule has 19 heavy (non-hydrogen) atoms. The third-order valence-electron chi connectivity index (χ3n) is 2.45. The number of aryl methyl sites for hydroxylation is 1. The van der Waals surface area contributed by atoms with Gasteiger partial charge in [0, 0.05) is 12.2 Å². The first-order chi connectivity index (χ1) is 8.89. The molecule has 0 saturated heterocycles. The fourth-order valence-corrected chi connectivity index (χ4v) is 2.55. The van der Waals surface area contributed by atoms with Crippen LogP contribution in [0.3, 0.4) is 0 Å². The summed E-state index contributed by atoms with van der Waals surface area (Å²) in [6, 6.07) is 2.08. The number of nitrogens with one attached hydrogen (secondary N) is 2. The van der Waals surface area contributed by atoms with Gasteiger partial charge in [-0.3, -0.25) is 0 Å². The van der Waals surface area contributed by atoms with Gasteiger partial charge in [0.25, 0.3) is 0 Å². The van der Waals surface area contributed by atoms with Crippen molar-refractivity contribution in [3.8, 4) is 0 Å². The van der Waals surface area contributed by atoms with E-state index >= 15 is 0 Å². The van der Waals surface area contributed by atoms with Crippen molar-refractivity contribution in [2.75, 3.05) is 12.3 Å². The van der Waals surface area contributed by atoms with E-state index in [9.17, 15) is 8.42 Å². The van der Waals surface area contributed by atoms with Crippen LogP contribution in [0.4, 0.5) is 0 Å². The maximum absolute atomic E-state index is 11.8. The highest BCUT2D eigenvalue weighted by Gasteiger charge is 2.10. The second-order valence-electron chi connectivity index (χ2n) is 4.70. The van der Waals surface area contributed by atoms with Crippen molar-refractivity contribution in [1.29, 1.82) is 0 Å². The maximum Gasteiger partial charge on any atom is 0.211 e. The van der Waals surface area contributed by atoms with E-state index in [-0.39, 0.29) is 12.3 Å². The summed E-state index contributed by atoms with van der Waals surface area (Å²) >= 11 is 0. The molecule has 1 heterocycles. The zero-order valence-corrected chi connectivity index (χ0v) is 12.5. The second kappa shape index (κ2) is 7.52. The molecule has 6 nitrogen and oxygen atoms in total. The van der Waals surface area contributed by atoms with Crippen LogP contribution in [0.25, 0.3) is 0 Å². The Balaban J connectivity index is 2.34. The molecule has 0 atom stereocenters. The topological polar surface area (TPSA) is 84.0 Å². The van der Waals surface area contributed by atoms with Crippen LogP contribution in [0.1, 0.15) is 31.8 Å². The Morgan fingerprint density at radius 2 is 2.11 bits per heavy atom. The van der Waals surface area contributed by atoms with E-state index in [1.54, 1.807) is 19.2 Å². The summed E-state index contributed by atoms with van der Waals surface area (Å²) < 4.78 is 26.0. The van der Waals surface area contributed by atoms with Gasteiger partial charge in [-0.15, -0.1) is 0 Å². The van der Waals surface area contributed by atoms with Crippen LogP contribution in [0.2, 0.25) is 0 Å². The highest BCUT2D eigenvalue weighted by Crippen LogP contribution is 1.97. The molecule has 0 amide bonds. The van der Waals surface area contributed by atoms with Crippen LogP contribution >= 0.6 is 0 Å². The maximum atomic E-state index is 11.8. The van der Waals surface area contributed by atoms with Gasteiger partial charge in [-0.05, 0) is 26.0 Å². The van der Waals surface area contributed by atoms with Gasteiger partial charge >= 0.3 is 0 Å². The predicted octanol–water partition coefficient (Wildman–Crippen LogP) is 0.593. The first-order valence-electron chi connectivity index (χ1n) is 6.38. The van der Waals surface area contributed by atoms with Crippen LogP contribution in [-0.4, -0.2) is 36.7 Å². The largest absolute Gasteiger partial charge is 0.314 e.